The van der Waals surface area contributed by atoms with Gasteiger partial charge in [-0.05, 0) is 49.9 Å². The summed E-state index contributed by atoms with van der Waals surface area (Å²) in [4.78, 5) is 28.8. The summed E-state index contributed by atoms with van der Waals surface area (Å²) in [5.74, 6) is 1.42. The van der Waals surface area contributed by atoms with Gasteiger partial charge in [0.1, 0.15) is 17.9 Å². The van der Waals surface area contributed by atoms with Gasteiger partial charge in [-0.3, -0.25) is 9.59 Å². The molecule has 2 aromatic rings. The number of nitrogens with zero attached hydrogens (tertiary/aromatic N) is 2. The fourth-order valence-corrected chi connectivity index (χ4v) is 4.67. The van der Waals surface area contributed by atoms with E-state index in [2.05, 4.69) is 20.8 Å². The minimum Gasteiger partial charge on any atom is -0.491 e. The van der Waals surface area contributed by atoms with Crippen LogP contribution in [0, 0.1) is 0 Å². The van der Waals surface area contributed by atoms with Gasteiger partial charge in [-0.2, -0.15) is 4.98 Å². The molecule has 2 fully saturated rings. The van der Waals surface area contributed by atoms with E-state index in [1.165, 1.54) is 6.92 Å². The first kappa shape index (κ1) is 24.2. The van der Waals surface area contributed by atoms with E-state index in [0.717, 1.165) is 63.7 Å². The van der Waals surface area contributed by atoms with E-state index in [4.69, 9.17) is 14.0 Å². The molecule has 1 aromatic carbocycles. The molecule has 1 aromatic heterocycles. The molecule has 2 N–H and O–H groups in total. The van der Waals surface area contributed by atoms with Crippen molar-refractivity contribution in [1.82, 2.24) is 15.5 Å². The molecule has 184 valence electrons. The molecule has 9 nitrogen and oxygen atoms in total. The van der Waals surface area contributed by atoms with Crippen LogP contribution in [0.5, 0.6) is 5.75 Å². The van der Waals surface area contributed by atoms with Crippen LogP contribution in [-0.2, 0) is 26.3 Å². The first-order valence-corrected chi connectivity index (χ1v) is 12.3. The summed E-state index contributed by atoms with van der Waals surface area (Å²) in [5, 5.41) is 10.1. The van der Waals surface area contributed by atoms with Gasteiger partial charge in [-0.1, -0.05) is 30.8 Å². The molecular formula is C25H34N4O5. The van der Waals surface area contributed by atoms with E-state index in [1.807, 2.05) is 24.3 Å². The van der Waals surface area contributed by atoms with Gasteiger partial charge in [0.15, 0.2) is 5.82 Å². The van der Waals surface area contributed by atoms with Crippen molar-refractivity contribution in [3.63, 3.8) is 0 Å². The fraction of sp³-hybridized carbons (Fsp3) is 0.600. The van der Waals surface area contributed by atoms with E-state index >= 15 is 0 Å². The fourth-order valence-electron chi connectivity index (χ4n) is 4.67. The molecule has 1 aliphatic carbocycles. The Morgan fingerprint density at radius 2 is 1.88 bits per heavy atom. The molecule has 1 saturated carbocycles. The van der Waals surface area contributed by atoms with Gasteiger partial charge < -0.3 is 24.6 Å². The van der Waals surface area contributed by atoms with Crippen LogP contribution < -0.4 is 15.4 Å². The van der Waals surface area contributed by atoms with Crippen LogP contribution in [-0.4, -0.2) is 41.3 Å². The third kappa shape index (κ3) is 6.56. The molecule has 4 rings (SSSR count). The lowest BCUT2D eigenvalue weighted by molar-refractivity contribution is -0.121. The van der Waals surface area contributed by atoms with Crippen LogP contribution in [0.15, 0.2) is 28.8 Å². The molecule has 2 heterocycles. The van der Waals surface area contributed by atoms with Gasteiger partial charge in [0.25, 0.3) is 0 Å². The van der Waals surface area contributed by atoms with Crippen molar-refractivity contribution in [2.75, 3.05) is 18.5 Å². The molecule has 1 atom stereocenters. The van der Waals surface area contributed by atoms with Crippen molar-refractivity contribution < 1.29 is 23.6 Å². The zero-order valence-electron chi connectivity index (χ0n) is 19.8. The Balaban J connectivity index is 1.27. The van der Waals surface area contributed by atoms with Crippen LogP contribution in [0.2, 0.25) is 0 Å². The summed E-state index contributed by atoms with van der Waals surface area (Å²) < 4.78 is 16.7. The van der Waals surface area contributed by atoms with Crippen LogP contribution in [0.1, 0.15) is 76.4 Å². The predicted octanol–water partition coefficient (Wildman–Crippen LogP) is 3.88. The highest BCUT2D eigenvalue weighted by atomic mass is 16.5. The second kappa shape index (κ2) is 11.5. The largest absolute Gasteiger partial charge is 0.491 e. The van der Waals surface area contributed by atoms with Crippen molar-refractivity contribution in [3.8, 4) is 5.75 Å². The number of ether oxygens (including phenoxy) is 2. The highest BCUT2D eigenvalue weighted by Crippen LogP contribution is 2.34. The minimum absolute atomic E-state index is 0.101. The Hall–Kier alpha value is -2.94. The molecule has 2 aliphatic rings. The summed E-state index contributed by atoms with van der Waals surface area (Å²) >= 11 is 0. The Morgan fingerprint density at radius 1 is 1.12 bits per heavy atom. The van der Waals surface area contributed by atoms with E-state index in [9.17, 15) is 9.59 Å². The van der Waals surface area contributed by atoms with Crippen LogP contribution in [0.25, 0.3) is 0 Å². The zero-order valence-corrected chi connectivity index (χ0v) is 19.8. The number of anilines is 1. The van der Waals surface area contributed by atoms with Gasteiger partial charge in [0, 0.05) is 32.1 Å². The van der Waals surface area contributed by atoms with Crippen molar-refractivity contribution in [1.29, 1.82) is 0 Å². The molecular weight excluding hydrogens is 436 g/mol. The number of hydrogen-bond donors (Lipinski definition) is 2. The van der Waals surface area contributed by atoms with Gasteiger partial charge in [0.2, 0.25) is 17.7 Å². The normalized spacial score (nSPS) is 19.9. The Bertz CT molecular complexity index is 944. The third-order valence-corrected chi connectivity index (χ3v) is 6.43. The van der Waals surface area contributed by atoms with Crippen LogP contribution in [0.3, 0.4) is 0 Å². The van der Waals surface area contributed by atoms with Crippen molar-refractivity contribution in [2.24, 2.45) is 0 Å². The molecule has 0 bridgehead atoms. The third-order valence-electron chi connectivity index (χ3n) is 6.43. The monoisotopic (exact) mass is 470 g/mol. The molecule has 1 aliphatic heterocycles. The van der Waals surface area contributed by atoms with E-state index < -0.39 is 5.54 Å². The topological polar surface area (TPSA) is 116 Å². The molecule has 0 spiro atoms. The summed E-state index contributed by atoms with van der Waals surface area (Å²) in [7, 11) is 0. The average molecular weight is 471 g/mol. The highest BCUT2D eigenvalue weighted by Gasteiger charge is 2.38. The lowest BCUT2D eigenvalue weighted by Crippen LogP contribution is -2.45. The molecule has 1 saturated heterocycles. The summed E-state index contributed by atoms with van der Waals surface area (Å²) in [6.45, 7) is 2.86. The van der Waals surface area contributed by atoms with Crippen molar-refractivity contribution in [2.45, 2.75) is 82.8 Å². The van der Waals surface area contributed by atoms with Gasteiger partial charge in [-0.15, -0.1) is 0 Å². The van der Waals surface area contributed by atoms with Gasteiger partial charge in [0.05, 0.1) is 6.10 Å². The highest BCUT2D eigenvalue weighted by molar-refractivity contribution is 5.90. The standard InChI is InChI=1S/C25H34N4O5/c1-18(30)28-25(14-4-2-3-5-15-25)24-27-23(34-29-24)13-12-22(31)26-19-8-10-20(11-9-19)33-17-21-7-6-16-32-21/h8-11,21H,2-7,12-17H2,1H3,(H,26,31)(H,28,30). The number of carbonyl (C=O) groups is 2. The zero-order chi connectivity index (χ0) is 23.8. The van der Waals surface area contributed by atoms with Crippen LogP contribution >= 0.6 is 0 Å². The van der Waals surface area contributed by atoms with Gasteiger partial charge >= 0.3 is 0 Å². The molecule has 0 radical (unpaired) electrons. The first-order valence-electron chi connectivity index (χ1n) is 12.3. The maximum Gasteiger partial charge on any atom is 0.227 e. The Morgan fingerprint density at radius 3 is 2.56 bits per heavy atom. The van der Waals surface area contributed by atoms with E-state index in [0.29, 0.717) is 30.4 Å². The van der Waals surface area contributed by atoms with E-state index in [-0.39, 0.29) is 24.3 Å². The number of amides is 2. The maximum absolute atomic E-state index is 12.4. The van der Waals surface area contributed by atoms with Crippen LogP contribution in [0.4, 0.5) is 5.69 Å². The smallest absolute Gasteiger partial charge is 0.227 e. The van der Waals surface area contributed by atoms with Gasteiger partial charge in [-0.25, -0.2) is 0 Å². The number of aromatic nitrogens is 2. The SMILES string of the molecule is CC(=O)NC1(c2noc(CCC(=O)Nc3ccc(OCC4CCCO4)cc3)n2)CCCCCC1. The molecule has 34 heavy (non-hydrogen) atoms. The minimum atomic E-state index is -0.583. The molecule has 1 unspecified atom stereocenters. The Kier molecular flexibility index (Phi) is 8.16. The second-order valence-electron chi connectivity index (χ2n) is 9.21. The summed E-state index contributed by atoms with van der Waals surface area (Å²) in [6.07, 6.45) is 8.69. The number of benzene rings is 1. The summed E-state index contributed by atoms with van der Waals surface area (Å²) in [6, 6.07) is 7.31. The van der Waals surface area contributed by atoms with Crippen molar-refractivity contribution in [3.05, 3.63) is 36.0 Å². The number of aryl methyl sites for hydroxylation is 1. The quantitative estimate of drug-likeness (QED) is 0.534. The van der Waals surface area contributed by atoms with Crippen molar-refractivity contribution >= 4 is 17.5 Å². The maximum atomic E-state index is 12.4. The van der Waals surface area contributed by atoms with E-state index in [1.54, 1.807) is 0 Å². The lowest BCUT2D eigenvalue weighted by atomic mass is 9.89. The number of hydrogen-bond acceptors (Lipinski definition) is 7. The number of nitrogens with one attached hydrogen (secondary N) is 2. The summed E-state index contributed by atoms with van der Waals surface area (Å²) in [5.41, 5.74) is 0.115. The lowest BCUT2D eigenvalue weighted by Gasteiger charge is -2.30. The first-order chi connectivity index (χ1) is 16.5. The second-order valence-corrected chi connectivity index (χ2v) is 9.21. The number of rotatable bonds is 9. The number of carbonyl (C=O) groups excluding carboxylic acids is 2. The molecule has 2 amide bonds. The average Bonchev–Trinajstić information content (AvgIpc) is 3.47. The predicted molar refractivity (Wildman–Crippen MR) is 125 cm³/mol. The molecule has 9 heteroatoms. The Labute approximate surface area is 200 Å².